The van der Waals surface area contributed by atoms with Crippen molar-refractivity contribution in [3.8, 4) is 48.4 Å². The van der Waals surface area contributed by atoms with Gasteiger partial charge in [0.15, 0.2) is 0 Å². The molecular formula is C52H54S4. The molecular weight excluding hydrogens is 753 g/mol. The fraction of sp³-hybridized carbons (Fsp3) is 0.385. The molecule has 4 heteroatoms. The first-order valence-electron chi connectivity index (χ1n) is 19.7. The fourth-order valence-electron chi connectivity index (χ4n) is 7.48. The number of hydrogen-bond donors (Lipinski definition) is 0. The van der Waals surface area contributed by atoms with Crippen LogP contribution in [0.4, 0.5) is 0 Å². The second-order valence-electron chi connectivity index (χ2n) is 17.6. The molecule has 0 saturated heterocycles. The molecule has 56 heavy (non-hydrogen) atoms. The first kappa shape index (κ1) is 42.1. The Morgan fingerprint density at radius 2 is 0.643 bits per heavy atom. The van der Waals surface area contributed by atoms with Crippen molar-refractivity contribution in [3.63, 3.8) is 0 Å². The molecule has 4 aromatic rings. The van der Waals surface area contributed by atoms with Crippen molar-refractivity contribution in [2.75, 3.05) is 23.0 Å². The molecule has 0 unspecified atom stereocenters. The Labute approximate surface area is 355 Å². The molecule has 4 heterocycles. The zero-order valence-corrected chi connectivity index (χ0v) is 37.6. The summed E-state index contributed by atoms with van der Waals surface area (Å²) < 4.78 is 0. The van der Waals surface area contributed by atoms with Crippen molar-refractivity contribution in [1.29, 1.82) is 0 Å². The summed E-state index contributed by atoms with van der Waals surface area (Å²) in [7, 11) is 0. The van der Waals surface area contributed by atoms with Crippen molar-refractivity contribution < 1.29 is 0 Å². The van der Waals surface area contributed by atoms with E-state index in [1.54, 1.807) is 0 Å². The summed E-state index contributed by atoms with van der Waals surface area (Å²) in [6.45, 7) is 18.5. The van der Waals surface area contributed by atoms with Gasteiger partial charge >= 0.3 is 0 Å². The minimum atomic E-state index is 0.234. The molecule has 0 amide bonds. The van der Waals surface area contributed by atoms with Gasteiger partial charge in [-0.05, 0) is 177 Å². The van der Waals surface area contributed by atoms with Gasteiger partial charge in [0.05, 0.1) is 0 Å². The molecule has 0 spiro atoms. The summed E-state index contributed by atoms with van der Waals surface area (Å²) in [5.41, 5.74) is 10.9. The van der Waals surface area contributed by atoms with Gasteiger partial charge in [0.2, 0.25) is 0 Å². The lowest BCUT2D eigenvalue weighted by Crippen LogP contribution is -2.22. The normalized spacial score (nSPS) is 18.5. The van der Waals surface area contributed by atoms with Crippen LogP contribution in [0.2, 0.25) is 0 Å². The second-order valence-corrected chi connectivity index (χ2v) is 22.1. The zero-order chi connectivity index (χ0) is 40.1. The van der Waals surface area contributed by atoms with Gasteiger partial charge < -0.3 is 0 Å². The van der Waals surface area contributed by atoms with Crippen LogP contribution in [-0.4, -0.2) is 23.0 Å². The Kier molecular flexibility index (Phi) is 13.2. The molecule has 0 bridgehead atoms. The number of rotatable bonds is 0. The molecule has 286 valence electrons. The molecule has 4 aliphatic rings. The van der Waals surface area contributed by atoms with Gasteiger partial charge in [-0.1, -0.05) is 79.1 Å². The lowest BCUT2D eigenvalue weighted by Gasteiger charge is -2.32. The van der Waals surface area contributed by atoms with Gasteiger partial charge in [-0.3, -0.25) is 0 Å². The summed E-state index contributed by atoms with van der Waals surface area (Å²) in [5, 5.41) is 0. The lowest BCUT2D eigenvalue weighted by atomic mass is 9.81. The SMILES string of the molecule is C#Cc1ccc2c(c1)C(C)(C)CCS2.C#Cc1ccc2c(c1)C(C)(C)CCS2.CC1(C)CCSc2ccc(C#CC#Cc3ccc4c(c3)C(C)(C)CCS4)cc21. The van der Waals surface area contributed by atoms with Gasteiger partial charge in [-0.25, -0.2) is 0 Å². The van der Waals surface area contributed by atoms with Crippen LogP contribution in [0.15, 0.2) is 92.4 Å². The van der Waals surface area contributed by atoms with Gasteiger partial charge in [0.25, 0.3) is 0 Å². The summed E-state index contributed by atoms with van der Waals surface area (Å²) in [6.07, 6.45) is 15.7. The van der Waals surface area contributed by atoms with Crippen LogP contribution >= 0.6 is 47.0 Å². The molecule has 0 aliphatic carbocycles. The van der Waals surface area contributed by atoms with Crippen LogP contribution < -0.4 is 0 Å². The molecule has 0 atom stereocenters. The van der Waals surface area contributed by atoms with Crippen LogP contribution in [0.1, 0.15) is 126 Å². The third kappa shape index (κ3) is 9.96. The molecule has 0 N–H and O–H groups in total. The smallest absolute Gasteiger partial charge is 0.0259 e. The van der Waals surface area contributed by atoms with E-state index in [9.17, 15) is 0 Å². The Bertz CT molecular complexity index is 2150. The molecule has 4 aromatic carbocycles. The van der Waals surface area contributed by atoms with Gasteiger partial charge in [0, 0.05) is 41.8 Å². The van der Waals surface area contributed by atoms with Crippen molar-refractivity contribution in [2.45, 2.75) is 122 Å². The van der Waals surface area contributed by atoms with E-state index in [4.69, 9.17) is 12.8 Å². The third-order valence-corrected chi connectivity index (χ3v) is 15.9. The molecule has 8 rings (SSSR count). The topological polar surface area (TPSA) is 0 Å². The minimum absolute atomic E-state index is 0.234. The Morgan fingerprint density at radius 1 is 0.393 bits per heavy atom. The van der Waals surface area contributed by atoms with Crippen molar-refractivity contribution >= 4 is 47.0 Å². The predicted molar refractivity (Wildman–Crippen MR) is 249 cm³/mol. The van der Waals surface area contributed by atoms with Crippen molar-refractivity contribution in [3.05, 3.63) is 117 Å². The third-order valence-electron chi connectivity index (χ3n) is 11.6. The maximum Gasteiger partial charge on any atom is 0.0259 e. The molecule has 0 radical (unpaired) electrons. The number of fused-ring (bicyclic) bond motifs is 4. The quantitative estimate of drug-likeness (QED) is 0.162. The molecule has 0 saturated carbocycles. The Hall–Kier alpha value is -3.48. The van der Waals surface area contributed by atoms with Crippen LogP contribution in [0.5, 0.6) is 0 Å². The molecule has 0 nitrogen and oxygen atoms in total. The Balaban J connectivity index is 0.000000159. The van der Waals surface area contributed by atoms with Crippen molar-refractivity contribution in [2.24, 2.45) is 0 Å². The monoisotopic (exact) mass is 806 g/mol. The maximum atomic E-state index is 5.41. The van der Waals surface area contributed by atoms with Crippen LogP contribution in [0.25, 0.3) is 0 Å². The number of benzene rings is 4. The highest BCUT2D eigenvalue weighted by Gasteiger charge is 2.30. The minimum Gasteiger partial charge on any atom is -0.126 e. The van der Waals surface area contributed by atoms with E-state index in [-0.39, 0.29) is 21.7 Å². The van der Waals surface area contributed by atoms with Crippen molar-refractivity contribution in [1.82, 2.24) is 0 Å². The molecule has 0 fully saturated rings. The van der Waals surface area contributed by atoms with E-state index < -0.39 is 0 Å². The average Bonchev–Trinajstić information content (AvgIpc) is 3.17. The van der Waals surface area contributed by atoms with E-state index in [0.717, 1.165) is 22.3 Å². The van der Waals surface area contributed by atoms with Gasteiger partial charge in [-0.15, -0.1) is 59.9 Å². The fourth-order valence-corrected chi connectivity index (χ4v) is 13.4. The number of hydrogen-bond acceptors (Lipinski definition) is 4. The summed E-state index contributed by atoms with van der Waals surface area (Å²) in [6, 6.07) is 25.9. The molecule has 4 aliphatic heterocycles. The maximum absolute atomic E-state index is 5.41. The summed E-state index contributed by atoms with van der Waals surface area (Å²) in [5.74, 6) is 22.9. The zero-order valence-electron chi connectivity index (χ0n) is 34.4. The summed E-state index contributed by atoms with van der Waals surface area (Å²) in [4.78, 5) is 5.62. The highest BCUT2D eigenvalue weighted by Crippen LogP contribution is 2.44. The average molecular weight is 807 g/mol. The Morgan fingerprint density at radius 3 is 0.911 bits per heavy atom. The predicted octanol–water partition coefficient (Wildman–Crippen LogP) is 13.5. The highest BCUT2D eigenvalue weighted by molar-refractivity contribution is 8.00. The van der Waals surface area contributed by atoms with E-state index >= 15 is 0 Å². The first-order valence-corrected chi connectivity index (χ1v) is 23.6. The standard InChI is InChI=1S/C26H26S2.2C13H14S/c1-25(2)13-15-27-23-11-9-19(17-21(23)25)7-5-6-8-20-10-12-24-22(18-20)26(3,4)14-16-28-24;2*1-4-10-5-6-12-11(9-10)13(2,3)7-8-14-12/h9-12,17-18H,13-16H2,1-4H3;2*1,5-6,9H,7-8H2,2-3H3. The van der Waals surface area contributed by atoms with Crippen LogP contribution in [-0.2, 0) is 21.7 Å². The number of terminal acetylenes is 2. The second kappa shape index (κ2) is 17.6. The van der Waals surface area contributed by atoms with E-state index in [1.807, 2.05) is 59.2 Å². The molecule has 0 aromatic heterocycles. The largest absolute Gasteiger partial charge is 0.126 e. The first-order chi connectivity index (χ1) is 26.6. The lowest BCUT2D eigenvalue weighted by molar-refractivity contribution is 0.494. The van der Waals surface area contributed by atoms with Gasteiger partial charge in [0.1, 0.15) is 0 Å². The van der Waals surface area contributed by atoms with E-state index in [0.29, 0.717) is 0 Å². The van der Waals surface area contributed by atoms with Crippen LogP contribution in [0, 0.1) is 48.4 Å². The van der Waals surface area contributed by atoms with E-state index in [1.165, 1.54) is 90.5 Å². The van der Waals surface area contributed by atoms with Crippen LogP contribution in [0.3, 0.4) is 0 Å². The summed E-state index contributed by atoms with van der Waals surface area (Å²) >= 11 is 7.80. The highest BCUT2D eigenvalue weighted by atomic mass is 32.2. The number of thioether (sulfide) groups is 4. The van der Waals surface area contributed by atoms with Gasteiger partial charge in [-0.2, -0.15) is 0 Å². The van der Waals surface area contributed by atoms with E-state index in [2.05, 4.69) is 152 Å².